The maximum Gasteiger partial charge on any atom is 0.362 e. The van der Waals surface area contributed by atoms with E-state index >= 15 is 0 Å². The van der Waals surface area contributed by atoms with Gasteiger partial charge >= 0.3 is 13.8 Å². The zero-order chi connectivity index (χ0) is 26.7. The Kier molecular flexibility index (Phi) is 8.06. The third kappa shape index (κ3) is 5.74. The van der Waals surface area contributed by atoms with Gasteiger partial charge in [-0.25, -0.2) is 26.3 Å². The van der Waals surface area contributed by atoms with E-state index in [1.165, 1.54) is 18.2 Å². The average Bonchev–Trinajstić information content (AvgIpc) is 2.90. The lowest BCUT2D eigenvalue weighted by Crippen LogP contribution is -2.44. The predicted molar refractivity (Wildman–Crippen MR) is 128 cm³/mol. The number of benzene rings is 4. The first-order valence-electron chi connectivity index (χ1n) is 11.1. The summed E-state index contributed by atoms with van der Waals surface area (Å²) in [5, 5.41) is 20.8. The van der Waals surface area contributed by atoms with Gasteiger partial charge in [-0.1, -0.05) is 60.7 Å². The van der Waals surface area contributed by atoms with Crippen molar-refractivity contribution in [3.63, 3.8) is 0 Å². The second-order valence-electron chi connectivity index (χ2n) is 8.31. The molecular formula is C26H18B2F6O3. The van der Waals surface area contributed by atoms with Crippen LogP contribution in [0.25, 0.3) is 0 Å². The van der Waals surface area contributed by atoms with Gasteiger partial charge in [0.1, 0.15) is 0 Å². The molecule has 0 unspecified atom stereocenters. The molecule has 2 N–H and O–H groups in total. The van der Waals surface area contributed by atoms with E-state index in [4.69, 9.17) is 4.74 Å². The van der Waals surface area contributed by atoms with Crippen molar-refractivity contribution in [2.75, 3.05) is 0 Å². The summed E-state index contributed by atoms with van der Waals surface area (Å²) in [6, 6.07) is 16.0. The quantitative estimate of drug-likeness (QED) is 0.216. The fourth-order valence-electron chi connectivity index (χ4n) is 3.80. The van der Waals surface area contributed by atoms with Gasteiger partial charge in [0.15, 0.2) is 34.9 Å². The predicted octanol–water partition coefficient (Wildman–Crippen LogP) is 2.43. The molecule has 0 aliphatic heterocycles. The fraction of sp³-hybridized carbons (Fsp3) is 0.0769. The normalized spacial score (nSPS) is 11.0. The highest BCUT2D eigenvalue weighted by molar-refractivity contribution is 6.79. The molecule has 0 radical (unpaired) electrons. The van der Waals surface area contributed by atoms with E-state index in [2.05, 4.69) is 0 Å². The molecule has 0 aliphatic rings. The van der Waals surface area contributed by atoms with Crippen LogP contribution in [0.5, 0.6) is 0 Å². The molecule has 11 heteroatoms. The topological polar surface area (TPSA) is 49.7 Å². The van der Waals surface area contributed by atoms with Gasteiger partial charge in [-0.05, 0) is 45.1 Å². The van der Waals surface area contributed by atoms with Gasteiger partial charge in [0.05, 0.1) is 13.2 Å². The third-order valence-corrected chi connectivity index (χ3v) is 5.82. The number of ether oxygens (including phenoxy) is 1. The molecular weight excluding hydrogens is 496 g/mol. The Bertz CT molecular complexity index is 1420. The van der Waals surface area contributed by atoms with Crippen molar-refractivity contribution in [1.29, 1.82) is 0 Å². The summed E-state index contributed by atoms with van der Waals surface area (Å²) in [5.41, 5.74) is 1.05. The largest absolute Gasteiger partial charge is 0.443 e. The minimum atomic E-state index is -1.66. The number of hydrogen-bond acceptors (Lipinski definition) is 3. The van der Waals surface area contributed by atoms with Crippen molar-refractivity contribution in [2.24, 2.45) is 0 Å². The summed E-state index contributed by atoms with van der Waals surface area (Å²) in [5.74, 6) is -8.94. The smallest absolute Gasteiger partial charge is 0.362 e. The van der Waals surface area contributed by atoms with Crippen LogP contribution in [0.15, 0.2) is 72.8 Å². The third-order valence-electron chi connectivity index (χ3n) is 5.82. The van der Waals surface area contributed by atoms with Crippen LogP contribution < -0.4 is 21.9 Å². The zero-order valence-corrected chi connectivity index (χ0v) is 19.1. The van der Waals surface area contributed by atoms with E-state index in [0.29, 0.717) is 11.1 Å². The highest BCUT2D eigenvalue weighted by atomic mass is 19.2. The molecule has 188 valence electrons. The SMILES string of the molecule is OB(c1ccc(COCc2cccc(B(O)c3ccc(F)c(F)c3F)c2)cc1)c1ccc(F)c(F)c1F. The van der Waals surface area contributed by atoms with Crippen LogP contribution in [0.1, 0.15) is 11.1 Å². The summed E-state index contributed by atoms with van der Waals surface area (Å²) in [7, 11) is 0. The summed E-state index contributed by atoms with van der Waals surface area (Å²) in [4.78, 5) is 0. The summed E-state index contributed by atoms with van der Waals surface area (Å²) >= 11 is 0. The molecule has 0 amide bonds. The molecule has 0 fully saturated rings. The Morgan fingerprint density at radius 3 is 1.62 bits per heavy atom. The van der Waals surface area contributed by atoms with Gasteiger partial charge in [0.25, 0.3) is 0 Å². The Hall–Kier alpha value is -3.53. The lowest BCUT2D eigenvalue weighted by Gasteiger charge is -2.12. The second kappa shape index (κ2) is 11.2. The first kappa shape index (κ1) is 26.5. The second-order valence-corrected chi connectivity index (χ2v) is 8.31. The van der Waals surface area contributed by atoms with Crippen LogP contribution in [-0.2, 0) is 18.0 Å². The fourth-order valence-corrected chi connectivity index (χ4v) is 3.80. The number of halogens is 6. The minimum absolute atomic E-state index is 0.102. The van der Waals surface area contributed by atoms with Gasteiger partial charge in [-0.15, -0.1) is 0 Å². The van der Waals surface area contributed by atoms with Crippen molar-refractivity contribution in [3.05, 3.63) is 119 Å². The molecule has 0 heterocycles. The molecule has 0 spiro atoms. The monoisotopic (exact) mass is 514 g/mol. The molecule has 0 aliphatic carbocycles. The molecule has 4 aromatic rings. The van der Waals surface area contributed by atoms with Crippen LogP contribution >= 0.6 is 0 Å². The highest BCUT2D eigenvalue weighted by Crippen LogP contribution is 2.11. The Labute approximate surface area is 209 Å². The van der Waals surface area contributed by atoms with Gasteiger partial charge < -0.3 is 14.8 Å². The lowest BCUT2D eigenvalue weighted by atomic mass is 9.55. The number of rotatable bonds is 8. The van der Waals surface area contributed by atoms with E-state index in [9.17, 15) is 36.4 Å². The Morgan fingerprint density at radius 1 is 0.541 bits per heavy atom. The molecule has 0 atom stereocenters. The van der Waals surface area contributed by atoms with Gasteiger partial charge in [0, 0.05) is 0 Å². The van der Waals surface area contributed by atoms with Crippen LogP contribution in [0, 0.1) is 34.9 Å². The molecule has 0 aromatic heterocycles. The molecule has 0 bridgehead atoms. The van der Waals surface area contributed by atoms with E-state index < -0.39 is 59.7 Å². The van der Waals surface area contributed by atoms with Crippen LogP contribution in [0.4, 0.5) is 26.3 Å². The molecule has 4 rings (SSSR count). The van der Waals surface area contributed by atoms with E-state index in [1.807, 2.05) is 0 Å². The average molecular weight is 514 g/mol. The van der Waals surface area contributed by atoms with Crippen LogP contribution in [0.3, 0.4) is 0 Å². The highest BCUT2D eigenvalue weighted by Gasteiger charge is 2.26. The van der Waals surface area contributed by atoms with Crippen molar-refractivity contribution in [2.45, 2.75) is 13.2 Å². The van der Waals surface area contributed by atoms with E-state index in [1.54, 1.807) is 30.3 Å². The van der Waals surface area contributed by atoms with Gasteiger partial charge in [-0.2, -0.15) is 0 Å². The molecule has 0 saturated heterocycles. The summed E-state index contributed by atoms with van der Waals surface area (Å²) in [6.45, 7) is -2.78. The zero-order valence-electron chi connectivity index (χ0n) is 19.1. The summed E-state index contributed by atoms with van der Waals surface area (Å²) in [6.07, 6.45) is 0. The van der Waals surface area contributed by atoms with Crippen molar-refractivity contribution >= 4 is 35.7 Å². The van der Waals surface area contributed by atoms with Gasteiger partial charge in [0.2, 0.25) is 0 Å². The van der Waals surface area contributed by atoms with Crippen molar-refractivity contribution < 1.29 is 41.1 Å². The molecule has 4 aromatic carbocycles. The van der Waals surface area contributed by atoms with E-state index in [0.717, 1.165) is 24.3 Å². The van der Waals surface area contributed by atoms with Crippen molar-refractivity contribution in [3.8, 4) is 0 Å². The Morgan fingerprint density at radius 2 is 1.05 bits per heavy atom. The maximum absolute atomic E-state index is 14.1. The van der Waals surface area contributed by atoms with Crippen LogP contribution in [-0.4, -0.2) is 23.9 Å². The van der Waals surface area contributed by atoms with Crippen LogP contribution in [0.2, 0.25) is 0 Å². The van der Waals surface area contributed by atoms with Crippen molar-refractivity contribution in [1.82, 2.24) is 0 Å². The minimum Gasteiger partial charge on any atom is -0.443 e. The molecule has 0 saturated carbocycles. The summed E-state index contributed by atoms with van der Waals surface area (Å²) < 4.78 is 87.0. The lowest BCUT2D eigenvalue weighted by molar-refractivity contribution is 0.107. The standard InChI is InChI=1S/C26H18B2F6O3/c29-21-10-8-19(23(31)25(21)33)27(35)17-6-4-15(5-7-17)13-37-14-16-2-1-3-18(12-16)28(36)20-9-11-22(30)26(34)24(20)32/h1-12,35-36H,13-14H2. The molecule has 3 nitrogen and oxygen atoms in total. The first-order valence-corrected chi connectivity index (χ1v) is 11.1. The Balaban J connectivity index is 1.38. The van der Waals surface area contributed by atoms with Gasteiger partial charge in [-0.3, -0.25) is 0 Å². The molecule has 37 heavy (non-hydrogen) atoms. The van der Waals surface area contributed by atoms with E-state index in [-0.39, 0.29) is 24.1 Å². The maximum atomic E-state index is 14.1. The first-order chi connectivity index (χ1) is 17.7. The number of hydrogen-bond donors (Lipinski definition) is 2.